The molecule has 0 spiro atoms. The van der Waals surface area contributed by atoms with Crippen LogP contribution in [-0.4, -0.2) is 0 Å². The van der Waals surface area contributed by atoms with Crippen molar-refractivity contribution in [1.82, 2.24) is 0 Å². The van der Waals surface area contributed by atoms with Crippen LogP contribution < -0.4 is 0 Å². The Morgan fingerprint density at radius 1 is 0.933 bits per heavy atom. The summed E-state index contributed by atoms with van der Waals surface area (Å²) in [6, 6.07) is 17.4. The highest BCUT2D eigenvalue weighted by Crippen LogP contribution is 2.12. The first kappa shape index (κ1) is 10.7. The maximum atomic E-state index is 2.33. The summed E-state index contributed by atoms with van der Waals surface area (Å²) in [7, 11) is 0. The Bertz CT molecular complexity index is 443. The highest BCUT2D eigenvalue weighted by atomic mass is 127. The minimum atomic E-state index is 1.03. The van der Waals surface area contributed by atoms with Gasteiger partial charge in [0, 0.05) is 3.57 Å². The van der Waals surface area contributed by atoms with Crippen molar-refractivity contribution in [3.63, 3.8) is 0 Å². The van der Waals surface area contributed by atoms with Crippen molar-refractivity contribution < 1.29 is 0 Å². The van der Waals surface area contributed by atoms with E-state index in [-0.39, 0.29) is 0 Å². The van der Waals surface area contributed by atoms with Crippen LogP contribution in [0.25, 0.3) is 0 Å². The van der Waals surface area contributed by atoms with E-state index in [1.165, 1.54) is 20.3 Å². The van der Waals surface area contributed by atoms with Crippen LogP contribution in [0.15, 0.2) is 48.5 Å². The lowest BCUT2D eigenvalue weighted by Gasteiger charge is -2.03. The Morgan fingerprint density at radius 2 is 1.67 bits per heavy atom. The molecular weight excluding hydrogens is 295 g/mol. The van der Waals surface area contributed by atoms with Gasteiger partial charge in [0.1, 0.15) is 0 Å². The van der Waals surface area contributed by atoms with Gasteiger partial charge >= 0.3 is 0 Å². The zero-order valence-electron chi connectivity index (χ0n) is 8.70. The van der Waals surface area contributed by atoms with Gasteiger partial charge in [-0.15, -0.1) is 0 Å². The van der Waals surface area contributed by atoms with Crippen molar-refractivity contribution in [2.45, 2.75) is 13.3 Å². The number of hydrogen-bond donors (Lipinski definition) is 0. The Morgan fingerprint density at radius 3 is 2.33 bits per heavy atom. The summed E-state index contributed by atoms with van der Waals surface area (Å²) in [5.41, 5.74) is 4.09. The SMILES string of the molecule is Cc1cccc(Cc2ccc(I)cc2)c1. The van der Waals surface area contributed by atoms with E-state index in [9.17, 15) is 0 Å². The monoisotopic (exact) mass is 308 g/mol. The van der Waals surface area contributed by atoms with Crippen molar-refractivity contribution in [3.8, 4) is 0 Å². The Balaban J connectivity index is 2.18. The maximum absolute atomic E-state index is 2.33. The van der Waals surface area contributed by atoms with Crippen LogP contribution >= 0.6 is 22.6 Å². The molecule has 0 amide bonds. The van der Waals surface area contributed by atoms with Crippen molar-refractivity contribution in [2.24, 2.45) is 0 Å². The number of benzene rings is 2. The minimum absolute atomic E-state index is 1.03. The molecule has 0 aliphatic carbocycles. The van der Waals surface area contributed by atoms with Gasteiger partial charge in [-0.1, -0.05) is 42.0 Å². The highest BCUT2D eigenvalue weighted by Gasteiger charge is 1.96. The minimum Gasteiger partial charge on any atom is -0.0617 e. The summed E-state index contributed by atoms with van der Waals surface area (Å²) in [6.07, 6.45) is 1.03. The maximum Gasteiger partial charge on any atom is 0.0130 e. The molecular formula is C14H13I. The summed E-state index contributed by atoms with van der Waals surface area (Å²) in [4.78, 5) is 0. The molecule has 0 aromatic heterocycles. The summed E-state index contributed by atoms with van der Waals surface area (Å²) >= 11 is 2.33. The van der Waals surface area contributed by atoms with E-state index in [4.69, 9.17) is 0 Å². The third-order valence-corrected chi connectivity index (χ3v) is 3.12. The van der Waals surface area contributed by atoms with Crippen LogP contribution in [0.4, 0.5) is 0 Å². The molecule has 0 saturated carbocycles. The lowest BCUT2D eigenvalue weighted by molar-refractivity contribution is 1.18. The standard InChI is InChI=1S/C14H13I/c1-11-3-2-4-13(9-11)10-12-5-7-14(15)8-6-12/h2-9H,10H2,1H3. The van der Waals surface area contributed by atoms with Crippen LogP contribution in [0, 0.1) is 10.5 Å². The molecule has 15 heavy (non-hydrogen) atoms. The zero-order chi connectivity index (χ0) is 10.7. The zero-order valence-corrected chi connectivity index (χ0v) is 10.9. The first-order chi connectivity index (χ1) is 7.24. The van der Waals surface area contributed by atoms with Crippen LogP contribution in [0.5, 0.6) is 0 Å². The van der Waals surface area contributed by atoms with E-state index in [0.717, 1.165) is 6.42 Å². The quantitative estimate of drug-likeness (QED) is 0.730. The van der Waals surface area contributed by atoms with Crippen molar-refractivity contribution in [3.05, 3.63) is 68.8 Å². The summed E-state index contributed by atoms with van der Waals surface area (Å²) in [5, 5.41) is 0. The molecule has 2 aromatic rings. The van der Waals surface area contributed by atoms with Crippen LogP contribution in [0.2, 0.25) is 0 Å². The topological polar surface area (TPSA) is 0 Å². The van der Waals surface area contributed by atoms with E-state index < -0.39 is 0 Å². The molecule has 2 aromatic carbocycles. The molecule has 0 atom stereocenters. The Labute approximate surface area is 104 Å². The average molecular weight is 308 g/mol. The molecule has 0 aliphatic rings. The molecule has 0 saturated heterocycles. The first-order valence-electron chi connectivity index (χ1n) is 5.04. The fourth-order valence-corrected chi connectivity index (χ4v) is 2.02. The third-order valence-electron chi connectivity index (χ3n) is 2.40. The van der Waals surface area contributed by atoms with Gasteiger partial charge in [0.25, 0.3) is 0 Å². The second-order valence-electron chi connectivity index (χ2n) is 3.79. The van der Waals surface area contributed by atoms with Crippen molar-refractivity contribution in [1.29, 1.82) is 0 Å². The van der Waals surface area contributed by atoms with E-state index in [1.807, 2.05) is 0 Å². The molecule has 0 N–H and O–H groups in total. The summed E-state index contributed by atoms with van der Waals surface area (Å²) < 4.78 is 1.29. The molecule has 0 fully saturated rings. The number of hydrogen-bond acceptors (Lipinski definition) is 0. The van der Waals surface area contributed by atoms with Gasteiger partial charge < -0.3 is 0 Å². The Kier molecular flexibility index (Phi) is 3.41. The molecule has 0 bridgehead atoms. The molecule has 2 rings (SSSR count). The van der Waals surface area contributed by atoms with Gasteiger partial charge in [-0.3, -0.25) is 0 Å². The second-order valence-corrected chi connectivity index (χ2v) is 5.04. The largest absolute Gasteiger partial charge is 0.0617 e. The molecule has 0 heterocycles. The summed E-state index contributed by atoms with van der Waals surface area (Å²) in [5.74, 6) is 0. The molecule has 0 unspecified atom stereocenters. The number of aryl methyl sites for hydroxylation is 1. The normalized spacial score (nSPS) is 10.3. The molecule has 1 heteroatoms. The van der Waals surface area contributed by atoms with Gasteiger partial charge in [-0.2, -0.15) is 0 Å². The van der Waals surface area contributed by atoms with Gasteiger partial charge in [0.05, 0.1) is 0 Å². The van der Waals surface area contributed by atoms with E-state index in [2.05, 4.69) is 78.0 Å². The lowest BCUT2D eigenvalue weighted by Crippen LogP contribution is -1.88. The van der Waals surface area contributed by atoms with E-state index >= 15 is 0 Å². The fourth-order valence-electron chi connectivity index (χ4n) is 1.66. The van der Waals surface area contributed by atoms with Crippen LogP contribution in [0.3, 0.4) is 0 Å². The van der Waals surface area contributed by atoms with Crippen LogP contribution in [0.1, 0.15) is 16.7 Å². The fraction of sp³-hybridized carbons (Fsp3) is 0.143. The molecule has 0 aliphatic heterocycles. The summed E-state index contributed by atoms with van der Waals surface area (Å²) in [6.45, 7) is 2.14. The second kappa shape index (κ2) is 4.79. The highest BCUT2D eigenvalue weighted by molar-refractivity contribution is 14.1. The molecule has 0 radical (unpaired) electrons. The first-order valence-corrected chi connectivity index (χ1v) is 6.12. The van der Waals surface area contributed by atoms with Gasteiger partial charge in [-0.25, -0.2) is 0 Å². The van der Waals surface area contributed by atoms with E-state index in [1.54, 1.807) is 0 Å². The lowest BCUT2D eigenvalue weighted by atomic mass is 10.0. The number of halogens is 1. The third kappa shape index (κ3) is 3.06. The molecule has 76 valence electrons. The molecule has 0 nitrogen and oxygen atoms in total. The Hall–Kier alpha value is -0.830. The van der Waals surface area contributed by atoms with Crippen molar-refractivity contribution >= 4 is 22.6 Å². The van der Waals surface area contributed by atoms with E-state index in [0.29, 0.717) is 0 Å². The van der Waals surface area contributed by atoms with Gasteiger partial charge in [-0.05, 0) is 59.2 Å². The smallest absolute Gasteiger partial charge is 0.0130 e. The average Bonchev–Trinajstić information content (AvgIpc) is 2.22. The number of rotatable bonds is 2. The van der Waals surface area contributed by atoms with Crippen molar-refractivity contribution in [2.75, 3.05) is 0 Å². The van der Waals surface area contributed by atoms with Crippen LogP contribution in [-0.2, 0) is 6.42 Å². The van der Waals surface area contributed by atoms with Gasteiger partial charge in [0.15, 0.2) is 0 Å². The predicted octanol–water partition coefficient (Wildman–Crippen LogP) is 4.19. The predicted molar refractivity (Wildman–Crippen MR) is 73.1 cm³/mol. The van der Waals surface area contributed by atoms with Gasteiger partial charge in [0.2, 0.25) is 0 Å².